The van der Waals surface area contributed by atoms with Crippen LogP contribution in [0.2, 0.25) is 0 Å². The topological polar surface area (TPSA) is 50.4 Å². The molecule has 126 valence electrons. The van der Waals surface area contributed by atoms with E-state index in [0.717, 1.165) is 42.6 Å². The summed E-state index contributed by atoms with van der Waals surface area (Å²) >= 11 is 0. The summed E-state index contributed by atoms with van der Waals surface area (Å²) in [6, 6.07) is 0.184. The molecule has 4 heteroatoms. The summed E-state index contributed by atoms with van der Waals surface area (Å²) in [5.41, 5.74) is -0.431. The molecule has 0 aromatic carbocycles. The van der Waals surface area contributed by atoms with Gasteiger partial charge in [0, 0.05) is 12.6 Å². The van der Waals surface area contributed by atoms with Gasteiger partial charge in [0.2, 0.25) is 0 Å². The molecule has 4 aliphatic rings. The van der Waals surface area contributed by atoms with Gasteiger partial charge in [-0.05, 0) is 89.5 Å². The second-order valence-electron chi connectivity index (χ2n) is 8.79. The molecule has 4 rings (SSSR count). The Bertz CT molecular complexity index is 414. The Labute approximate surface area is 134 Å². The van der Waals surface area contributed by atoms with Crippen LogP contribution in [0, 0.1) is 29.6 Å². The van der Waals surface area contributed by atoms with E-state index in [1.807, 2.05) is 27.8 Å². The molecule has 0 unspecified atom stereocenters. The second kappa shape index (κ2) is 6.03. The van der Waals surface area contributed by atoms with Crippen molar-refractivity contribution in [3.63, 3.8) is 0 Å². The first-order chi connectivity index (χ1) is 10.4. The first-order valence-electron chi connectivity index (χ1n) is 9.00. The number of carbonyl (C=O) groups excluding carboxylic acids is 1. The van der Waals surface area contributed by atoms with Crippen LogP contribution in [0.25, 0.3) is 0 Å². The Hall–Kier alpha value is -0.770. The van der Waals surface area contributed by atoms with E-state index < -0.39 is 5.60 Å². The van der Waals surface area contributed by atoms with Gasteiger partial charge in [-0.25, -0.2) is 4.79 Å². The standard InChI is InChI=1S/C18H32N2O2/c1-18(2,3)22-17(21)20-14(10-19-4)9-16-13-6-11-5-12(8-13)15(16)7-11/h11-16,19H,5-10H2,1-4H3,(H,20,21)/t11-,12-,13-,14-,15-,16-/m0/s1. The molecule has 2 N–H and O–H groups in total. The van der Waals surface area contributed by atoms with Crippen LogP contribution in [0.1, 0.15) is 52.9 Å². The lowest BCUT2D eigenvalue weighted by Crippen LogP contribution is -2.45. The normalized spacial score (nSPS) is 37.4. The van der Waals surface area contributed by atoms with Crippen molar-refractivity contribution in [1.82, 2.24) is 10.6 Å². The van der Waals surface area contributed by atoms with Crippen molar-refractivity contribution < 1.29 is 9.53 Å². The highest BCUT2D eigenvalue weighted by molar-refractivity contribution is 5.68. The fourth-order valence-electron chi connectivity index (χ4n) is 5.49. The lowest BCUT2D eigenvalue weighted by molar-refractivity contribution is 0.0487. The van der Waals surface area contributed by atoms with Gasteiger partial charge < -0.3 is 15.4 Å². The number of alkyl carbamates (subject to hydrolysis) is 1. The average molecular weight is 308 g/mol. The smallest absolute Gasteiger partial charge is 0.407 e. The van der Waals surface area contributed by atoms with Crippen LogP contribution in [-0.4, -0.2) is 31.3 Å². The van der Waals surface area contributed by atoms with Crippen LogP contribution in [0.5, 0.6) is 0 Å². The van der Waals surface area contributed by atoms with E-state index in [0.29, 0.717) is 0 Å². The van der Waals surface area contributed by atoms with Crippen LogP contribution < -0.4 is 10.6 Å². The van der Waals surface area contributed by atoms with Crippen molar-refractivity contribution in [3.05, 3.63) is 0 Å². The summed E-state index contributed by atoms with van der Waals surface area (Å²) in [6.07, 6.45) is 6.65. The molecule has 1 amide bonds. The molecule has 4 nitrogen and oxygen atoms in total. The molecule has 4 fully saturated rings. The summed E-state index contributed by atoms with van der Waals surface area (Å²) in [7, 11) is 1.95. The van der Waals surface area contributed by atoms with Crippen LogP contribution in [0.15, 0.2) is 0 Å². The maximum Gasteiger partial charge on any atom is 0.407 e. The molecule has 0 aliphatic heterocycles. The minimum Gasteiger partial charge on any atom is -0.444 e. The summed E-state index contributed by atoms with van der Waals surface area (Å²) in [6.45, 7) is 6.56. The van der Waals surface area contributed by atoms with Crippen LogP contribution >= 0.6 is 0 Å². The minimum atomic E-state index is -0.431. The van der Waals surface area contributed by atoms with Gasteiger partial charge >= 0.3 is 6.09 Å². The van der Waals surface area contributed by atoms with E-state index in [4.69, 9.17) is 4.74 Å². The molecule has 0 aromatic rings. The van der Waals surface area contributed by atoms with E-state index in [2.05, 4.69) is 10.6 Å². The van der Waals surface area contributed by atoms with E-state index in [9.17, 15) is 4.79 Å². The summed E-state index contributed by atoms with van der Waals surface area (Å²) in [5, 5.41) is 6.32. The Balaban J connectivity index is 1.57. The molecule has 4 saturated carbocycles. The summed E-state index contributed by atoms with van der Waals surface area (Å²) < 4.78 is 5.42. The first-order valence-corrected chi connectivity index (χ1v) is 9.00. The molecule has 0 spiro atoms. The maximum atomic E-state index is 12.1. The van der Waals surface area contributed by atoms with Gasteiger partial charge in [0.15, 0.2) is 0 Å². The quantitative estimate of drug-likeness (QED) is 0.820. The van der Waals surface area contributed by atoms with Gasteiger partial charge in [-0.15, -0.1) is 0 Å². The number of likely N-dealkylation sites (N-methyl/N-ethyl adjacent to an activating group) is 1. The molecule has 22 heavy (non-hydrogen) atoms. The summed E-state index contributed by atoms with van der Waals surface area (Å²) in [4.78, 5) is 12.1. The van der Waals surface area contributed by atoms with E-state index in [1.54, 1.807) is 0 Å². The largest absolute Gasteiger partial charge is 0.444 e. The molecular formula is C18H32N2O2. The molecule has 0 radical (unpaired) electrons. The van der Waals surface area contributed by atoms with Crippen LogP contribution in [-0.2, 0) is 4.74 Å². The Morgan fingerprint density at radius 1 is 1.18 bits per heavy atom. The average Bonchev–Trinajstić information content (AvgIpc) is 2.78. The number of amides is 1. The molecule has 4 bridgehead atoms. The predicted molar refractivity (Wildman–Crippen MR) is 87.6 cm³/mol. The number of ether oxygens (including phenoxy) is 1. The lowest BCUT2D eigenvalue weighted by Gasteiger charge is -2.34. The van der Waals surface area contributed by atoms with Crippen molar-refractivity contribution in [2.45, 2.75) is 64.5 Å². The predicted octanol–water partition coefficient (Wildman–Crippen LogP) is 3.17. The number of carbonyl (C=O) groups is 1. The maximum absolute atomic E-state index is 12.1. The van der Waals surface area contributed by atoms with Gasteiger partial charge in [0.05, 0.1) is 0 Å². The van der Waals surface area contributed by atoms with Crippen LogP contribution in [0.3, 0.4) is 0 Å². The zero-order chi connectivity index (χ0) is 15.9. The highest BCUT2D eigenvalue weighted by atomic mass is 16.6. The van der Waals surface area contributed by atoms with Gasteiger partial charge in [-0.1, -0.05) is 0 Å². The molecule has 0 aromatic heterocycles. The van der Waals surface area contributed by atoms with E-state index in [1.165, 1.54) is 25.7 Å². The fourth-order valence-corrected chi connectivity index (χ4v) is 5.49. The number of nitrogens with one attached hydrogen (secondary N) is 2. The van der Waals surface area contributed by atoms with Gasteiger partial charge in [-0.2, -0.15) is 0 Å². The third-order valence-electron chi connectivity index (χ3n) is 5.97. The van der Waals surface area contributed by atoms with Gasteiger partial charge in [0.25, 0.3) is 0 Å². The monoisotopic (exact) mass is 308 g/mol. The van der Waals surface area contributed by atoms with Crippen molar-refractivity contribution in [2.24, 2.45) is 29.6 Å². The van der Waals surface area contributed by atoms with Crippen molar-refractivity contribution in [1.29, 1.82) is 0 Å². The zero-order valence-corrected chi connectivity index (χ0v) is 14.5. The molecule has 4 aliphatic carbocycles. The number of hydrogen-bond donors (Lipinski definition) is 2. The lowest BCUT2D eigenvalue weighted by atomic mass is 9.73. The summed E-state index contributed by atoms with van der Waals surface area (Å²) in [5.74, 6) is 4.68. The van der Waals surface area contributed by atoms with Crippen molar-refractivity contribution in [3.8, 4) is 0 Å². The Morgan fingerprint density at radius 2 is 1.91 bits per heavy atom. The molecular weight excluding hydrogens is 276 g/mol. The zero-order valence-electron chi connectivity index (χ0n) is 14.5. The Kier molecular flexibility index (Phi) is 4.41. The van der Waals surface area contributed by atoms with Crippen LogP contribution in [0.4, 0.5) is 4.79 Å². The SMILES string of the molecule is CNC[C@H](C[C@H]1[C@H]2C[C@@H]3C[C@@H](C2)[C@@H]1C3)NC(=O)OC(C)(C)C. The molecule has 6 atom stereocenters. The highest BCUT2D eigenvalue weighted by Crippen LogP contribution is 2.61. The minimum absolute atomic E-state index is 0.184. The van der Waals surface area contributed by atoms with E-state index >= 15 is 0 Å². The van der Waals surface area contributed by atoms with Crippen molar-refractivity contribution in [2.75, 3.05) is 13.6 Å². The number of hydrogen-bond acceptors (Lipinski definition) is 3. The third kappa shape index (κ3) is 3.42. The fraction of sp³-hybridized carbons (Fsp3) is 0.944. The highest BCUT2D eigenvalue weighted by Gasteiger charge is 2.53. The van der Waals surface area contributed by atoms with Gasteiger partial charge in [0.1, 0.15) is 5.60 Å². The second-order valence-corrected chi connectivity index (χ2v) is 8.79. The molecule has 0 saturated heterocycles. The van der Waals surface area contributed by atoms with Gasteiger partial charge in [-0.3, -0.25) is 0 Å². The first kappa shape index (κ1) is 16.1. The number of rotatable bonds is 5. The molecule has 0 heterocycles. The van der Waals surface area contributed by atoms with E-state index in [-0.39, 0.29) is 12.1 Å². The van der Waals surface area contributed by atoms with Crippen molar-refractivity contribution >= 4 is 6.09 Å². The Morgan fingerprint density at radius 3 is 2.55 bits per heavy atom. The third-order valence-corrected chi connectivity index (χ3v) is 5.97.